The minimum Gasteiger partial charge on any atom is -0.362 e. The average molecular weight is 303 g/mol. The number of nitrogens with one attached hydrogen (secondary N) is 1. The molecule has 4 heteroatoms. The number of benzene rings is 1. The third-order valence-corrected chi connectivity index (χ3v) is 2.79. The molecule has 1 amide bonds. The van der Waals surface area contributed by atoms with E-state index in [2.05, 4.69) is 34.0 Å². The highest BCUT2D eigenvalue weighted by atomic mass is 127. The molecule has 1 heterocycles. The van der Waals surface area contributed by atoms with Crippen molar-refractivity contribution < 1.29 is 9.53 Å². The van der Waals surface area contributed by atoms with Crippen LogP contribution in [-0.2, 0) is 9.53 Å². The van der Waals surface area contributed by atoms with E-state index >= 15 is 0 Å². The minimum atomic E-state index is -0.0353. The fourth-order valence-corrected chi connectivity index (χ4v) is 1.98. The Morgan fingerprint density at radius 3 is 3.00 bits per heavy atom. The van der Waals surface area contributed by atoms with Crippen LogP contribution in [0.15, 0.2) is 24.3 Å². The molecule has 1 aromatic carbocycles. The molecule has 0 aliphatic carbocycles. The largest absolute Gasteiger partial charge is 0.362 e. The van der Waals surface area contributed by atoms with Crippen molar-refractivity contribution >= 4 is 28.5 Å². The summed E-state index contributed by atoms with van der Waals surface area (Å²) >= 11 is 2.26. The average Bonchev–Trinajstić information content (AvgIpc) is 2.19. The molecular formula is C10H10INO2. The molecule has 1 N–H and O–H groups in total. The maximum Gasteiger partial charge on any atom is 0.246 e. The predicted octanol–water partition coefficient (Wildman–Crippen LogP) is 1.48. The Kier molecular flexibility index (Phi) is 3.02. The molecule has 0 unspecified atom stereocenters. The Labute approximate surface area is 96.0 Å². The van der Waals surface area contributed by atoms with E-state index in [1.807, 2.05) is 18.2 Å². The van der Waals surface area contributed by atoms with E-state index in [4.69, 9.17) is 4.74 Å². The lowest BCUT2D eigenvalue weighted by Crippen LogP contribution is -2.38. The number of rotatable bonds is 1. The van der Waals surface area contributed by atoms with Gasteiger partial charge in [0.05, 0.1) is 0 Å². The number of hydrogen-bond donors (Lipinski definition) is 1. The van der Waals surface area contributed by atoms with E-state index in [0.717, 1.165) is 5.56 Å². The second-order valence-corrected chi connectivity index (χ2v) is 4.40. The van der Waals surface area contributed by atoms with Crippen LogP contribution in [0.3, 0.4) is 0 Å². The van der Waals surface area contributed by atoms with Gasteiger partial charge in [-0.05, 0) is 40.3 Å². The zero-order valence-electron chi connectivity index (χ0n) is 7.50. The highest BCUT2D eigenvalue weighted by molar-refractivity contribution is 14.1. The fourth-order valence-electron chi connectivity index (χ4n) is 1.41. The maximum atomic E-state index is 10.9. The lowest BCUT2D eigenvalue weighted by Gasteiger charge is -2.23. The van der Waals surface area contributed by atoms with Crippen LogP contribution < -0.4 is 5.32 Å². The lowest BCUT2D eigenvalue weighted by molar-refractivity contribution is -0.133. The molecule has 1 aliphatic heterocycles. The fraction of sp³-hybridized carbons (Fsp3) is 0.300. The number of ether oxygens (including phenoxy) is 1. The molecule has 3 nitrogen and oxygen atoms in total. The molecule has 1 saturated heterocycles. The monoisotopic (exact) mass is 303 g/mol. The third-order valence-electron chi connectivity index (χ3n) is 2.12. The van der Waals surface area contributed by atoms with Crippen molar-refractivity contribution in [1.82, 2.24) is 5.32 Å². The molecule has 1 aromatic rings. The molecule has 0 saturated carbocycles. The summed E-state index contributed by atoms with van der Waals surface area (Å²) in [6.45, 7) is 0.731. The Morgan fingerprint density at radius 1 is 1.50 bits per heavy atom. The molecule has 14 heavy (non-hydrogen) atoms. The van der Waals surface area contributed by atoms with Gasteiger partial charge in [-0.2, -0.15) is 0 Å². The summed E-state index contributed by atoms with van der Waals surface area (Å²) in [7, 11) is 0. The third kappa shape index (κ3) is 2.24. The van der Waals surface area contributed by atoms with Gasteiger partial charge in [-0.25, -0.2) is 0 Å². The van der Waals surface area contributed by atoms with Crippen LogP contribution in [0.4, 0.5) is 0 Å². The minimum absolute atomic E-state index is 0.00224. The van der Waals surface area contributed by atoms with E-state index in [1.54, 1.807) is 0 Å². The topological polar surface area (TPSA) is 38.3 Å². The predicted molar refractivity (Wildman–Crippen MR) is 60.9 cm³/mol. The van der Waals surface area contributed by atoms with Crippen LogP contribution in [0.5, 0.6) is 0 Å². The van der Waals surface area contributed by atoms with Crippen LogP contribution in [0.1, 0.15) is 11.7 Å². The van der Waals surface area contributed by atoms with Gasteiger partial charge in [0.2, 0.25) is 5.91 Å². The van der Waals surface area contributed by atoms with Crippen molar-refractivity contribution in [2.45, 2.75) is 6.10 Å². The van der Waals surface area contributed by atoms with Gasteiger partial charge in [-0.3, -0.25) is 4.79 Å². The number of hydrogen-bond acceptors (Lipinski definition) is 2. The number of carbonyl (C=O) groups excluding carboxylic acids is 1. The Hall–Kier alpha value is -0.620. The van der Waals surface area contributed by atoms with Gasteiger partial charge in [0.25, 0.3) is 0 Å². The van der Waals surface area contributed by atoms with Crippen molar-refractivity contribution in [3.8, 4) is 0 Å². The second kappa shape index (κ2) is 4.27. The van der Waals surface area contributed by atoms with Gasteiger partial charge in [0.1, 0.15) is 12.7 Å². The van der Waals surface area contributed by atoms with Crippen LogP contribution >= 0.6 is 22.6 Å². The van der Waals surface area contributed by atoms with Crippen molar-refractivity contribution in [2.24, 2.45) is 0 Å². The SMILES string of the molecule is O=C1CO[C@@H](c2cccc(I)c2)CN1. The lowest BCUT2D eigenvalue weighted by atomic mass is 10.1. The van der Waals surface area contributed by atoms with Crippen molar-refractivity contribution in [3.63, 3.8) is 0 Å². The van der Waals surface area contributed by atoms with Gasteiger partial charge in [0.15, 0.2) is 0 Å². The summed E-state index contributed by atoms with van der Waals surface area (Å²) in [6.07, 6.45) is 0.00224. The molecule has 1 atom stereocenters. The van der Waals surface area contributed by atoms with E-state index in [-0.39, 0.29) is 18.6 Å². The second-order valence-electron chi connectivity index (χ2n) is 3.16. The summed E-state index contributed by atoms with van der Waals surface area (Å²) in [5.74, 6) is -0.0353. The smallest absolute Gasteiger partial charge is 0.246 e. The standard InChI is InChI=1S/C10H10INO2/c11-8-3-1-2-7(4-8)9-5-12-10(13)6-14-9/h1-4,9H,5-6H2,(H,12,13)/t9-/m1/s1. The first-order valence-corrected chi connectivity index (χ1v) is 5.47. The zero-order valence-corrected chi connectivity index (χ0v) is 9.65. The quantitative estimate of drug-likeness (QED) is 0.798. The summed E-state index contributed by atoms with van der Waals surface area (Å²) < 4.78 is 6.60. The normalized spacial score (nSPS) is 21.8. The molecule has 2 rings (SSSR count). The van der Waals surface area contributed by atoms with Gasteiger partial charge >= 0.3 is 0 Å². The van der Waals surface area contributed by atoms with E-state index in [0.29, 0.717) is 6.54 Å². The number of morpholine rings is 1. The Balaban J connectivity index is 2.12. The summed E-state index contributed by atoms with van der Waals surface area (Å²) in [5.41, 5.74) is 1.12. The van der Waals surface area contributed by atoms with Crippen molar-refractivity contribution in [3.05, 3.63) is 33.4 Å². The van der Waals surface area contributed by atoms with Gasteiger partial charge in [0, 0.05) is 10.1 Å². The molecule has 0 radical (unpaired) electrons. The van der Waals surface area contributed by atoms with Crippen molar-refractivity contribution in [1.29, 1.82) is 0 Å². The number of halogens is 1. The van der Waals surface area contributed by atoms with Crippen LogP contribution in [0.25, 0.3) is 0 Å². The van der Waals surface area contributed by atoms with Gasteiger partial charge in [-0.15, -0.1) is 0 Å². The summed E-state index contributed by atoms with van der Waals surface area (Å²) in [4.78, 5) is 10.9. The molecule has 74 valence electrons. The van der Waals surface area contributed by atoms with E-state index < -0.39 is 0 Å². The molecule has 1 fully saturated rings. The molecule has 1 aliphatic rings. The molecule has 0 aromatic heterocycles. The van der Waals surface area contributed by atoms with E-state index in [9.17, 15) is 4.79 Å². The van der Waals surface area contributed by atoms with Gasteiger partial charge < -0.3 is 10.1 Å². The number of carbonyl (C=O) groups is 1. The molecule has 0 bridgehead atoms. The number of amides is 1. The highest BCUT2D eigenvalue weighted by Gasteiger charge is 2.19. The highest BCUT2D eigenvalue weighted by Crippen LogP contribution is 2.20. The van der Waals surface area contributed by atoms with Crippen molar-refractivity contribution in [2.75, 3.05) is 13.2 Å². The first kappa shape index (κ1) is 9.92. The van der Waals surface area contributed by atoms with E-state index in [1.165, 1.54) is 3.57 Å². The summed E-state index contributed by atoms with van der Waals surface area (Å²) in [5, 5.41) is 2.78. The maximum absolute atomic E-state index is 10.9. The van der Waals surface area contributed by atoms with Crippen LogP contribution in [-0.4, -0.2) is 19.1 Å². The first-order chi connectivity index (χ1) is 6.75. The Bertz CT molecular complexity index is 344. The van der Waals surface area contributed by atoms with Gasteiger partial charge in [-0.1, -0.05) is 12.1 Å². The first-order valence-electron chi connectivity index (χ1n) is 4.39. The van der Waals surface area contributed by atoms with Crippen LogP contribution in [0.2, 0.25) is 0 Å². The molecular weight excluding hydrogens is 293 g/mol. The van der Waals surface area contributed by atoms with Crippen LogP contribution in [0, 0.1) is 3.57 Å². The summed E-state index contributed by atoms with van der Waals surface area (Å²) in [6, 6.07) is 8.12. The Morgan fingerprint density at radius 2 is 2.36 bits per heavy atom. The molecule has 0 spiro atoms. The zero-order chi connectivity index (χ0) is 9.97.